The van der Waals surface area contributed by atoms with Gasteiger partial charge in [-0.25, -0.2) is 0 Å². The average molecular weight is 317 g/mol. The minimum absolute atomic E-state index is 0.154. The van der Waals surface area contributed by atoms with Gasteiger partial charge in [-0.3, -0.25) is 0 Å². The van der Waals surface area contributed by atoms with E-state index in [1.54, 1.807) is 5.57 Å². The Balaban J connectivity index is 2.14. The second-order valence-corrected chi connectivity index (χ2v) is 7.66. The van der Waals surface area contributed by atoms with Crippen molar-refractivity contribution in [2.45, 2.75) is 97.3 Å². The van der Waals surface area contributed by atoms with E-state index in [1.165, 1.54) is 76.1 Å². The van der Waals surface area contributed by atoms with Crippen molar-refractivity contribution in [3.05, 3.63) is 23.3 Å². The summed E-state index contributed by atoms with van der Waals surface area (Å²) in [5, 5.41) is 0. The number of rotatable bonds is 10. The number of aldehydes is 1. The normalized spacial score (nSPS) is 27.7. The molecule has 0 aromatic heterocycles. The minimum Gasteiger partial charge on any atom is -0.302 e. The van der Waals surface area contributed by atoms with Gasteiger partial charge in [-0.05, 0) is 57.3 Å². The minimum atomic E-state index is -0.154. The molecule has 2 unspecified atom stereocenters. The Bertz CT molecular complexity index is 431. The number of unbranched alkanes of at least 4 members (excludes halogenated alkanes) is 4. The van der Waals surface area contributed by atoms with E-state index in [2.05, 4.69) is 26.0 Å². The molecule has 1 heteroatoms. The van der Waals surface area contributed by atoms with Gasteiger partial charge in [-0.15, -0.1) is 0 Å². The van der Waals surface area contributed by atoms with Crippen LogP contribution in [-0.4, -0.2) is 6.29 Å². The predicted molar refractivity (Wildman–Crippen MR) is 99.5 cm³/mol. The van der Waals surface area contributed by atoms with Crippen LogP contribution in [0.5, 0.6) is 0 Å². The summed E-state index contributed by atoms with van der Waals surface area (Å²) in [7, 11) is 0. The molecule has 0 radical (unpaired) electrons. The van der Waals surface area contributed by atoms with Crippen molar-refractivity contribution >= 4 is 6.29 Å². The molecule has 0 saturated carbocycles. The maximum absolute atomic E-state index is 12.2. The smallest absolute Gasteiger partial charge is 0.130 e. The van der Waals surface area contributed by atoms with Gasteiger partial charge in [0.15, 0.2) is 0 Å². The molecule has 2 atom stereocenters. The highest BCUT2D eigenvalue weighted by Crippen LogP contribution is 2.50. The molecular formula is C22H36O. The van der Waals surface area contributed by atoms with Gasteiger partial charge in [0.2, 0.25) is 0 Å². The fourth-order valence-electron chi connectivity index (χ4n) is 4.55. The third kappa shape index (κ3) is 4.58. The number of hydrogen-bond acceptors (Lipinski definition) is 1. The first-order valence-electron chi connectivity index (χ1n) is 10.1. The van der Waals surface area contributed by atoms with Crippen molar-refractivity contribution in [2.75, 3.05) is 0 Å². The Morgan fingerprint density at radius 2 is 1.91 bits per heavy atom. The van der Waals surface area contributed by atoms with Gasteiger partial charge in [0.05, 0.1) is 5.41 Å². The van der Waals surface area contributed by atoms with Crippen molar-refractivity contribution in [1.82, 2.24) is 0 Å². The summed E-state index contributed by atoms with van der Waals surface area (Å²) in [5.41, 5.74) is 2.95. The van der Waals surface area contributed by atoms with Gasteiger partial charge in [0.1, 0.15) is 6.29 Å². The molecule has 2 aliphatic rings. The SMILES string of the molecule is CCCCCC1=CC(CCCCC)C(C=O)(C2=CCCC2)CC1. The van der Waals surface area contributed by atoms with Crippen LogP contribution >= 0.6 is 0 Å². The van der Waals surface area contributed by atoms with Crippen molar-refractivity contribution in [2.24, 2.45) is 11.3 Å². The lowest BCUT2D eigenvalue weighted by atomic mass is 9.62. The highest BCUT2D eigenvalue weighted by Gasteiger charge is 2.43. The first-order valence-corrected chi connectivity index (χ1v) is 10.1. The molecule has 130 valence electrons. The molecule has 0 N–H and O–H groups in total. The molecule has 0 saturated heterocycles. The number of allylic oxidation sites excluding steroid dienone is 4. The van der Waals surface area contributed by atoms with Crippen LogP contribution in [0, 0.1) is 11.3 Å². The maximum Gasteiger partial charge on any atom is 0.130 e. The van der Waals surface area contributed by atoms with Crippen LogP contribution in [0.2, 0.25) is 0 Å². The average Bonchev–Trinajstić information content (AvgIpc) is 3.11. The molecule has 0 bridgehead atoms. The molecule has 2 rings (SSSR count). The molecule has 23 heavy (non-hydrogen) atoms. The van der Waals surface area contributed by atoms with E-state index in [9.17, 15) is 4.79 Å². The summed E-state index contributed by atoms with van der Waals surface area (Å²) in [4.78, 5) is 12.2. The molecule has 0 fully saturated rings. The molecule has 0 aromatic carbocycles. The lowest BCUT2D eigenvalue weighted by molar-refractivity contribution is -0.117. The zero-order chi connectivity index (χ0) is 16.5. The Morgan fingerprint density at radius 1 is 1.13 bits per heavy atom. The number of hydrogen-bond donors (Lipinski definition) is 0. The standard InChI is InChI=1S/C22H36O/c1-3-5-7-11-19-15-16-22(18-23,20-12-9-10-13-20)21(17-19)14-8-6-4-2/h12,17-18,21H,3-11,13-16H2,1-2H3. The van der Waals surface area contributed by atoms with E-state index in [0.717, 1.165) is 19.3 Å². The van der Waals surface area contributed by atoms with Gasteiger partial charge in [-0.2, -0.15) is 0 Å². The van der Waals surface area contributed by atoms with Crippen molar-refractivity contribution in [3.8, 4) is 0 Å². The Labute approximate surface area is 143 Å². The zero-order valence-electron chi connectivity index (χ0n) is 15.4. The van der Waals surface area contributed by atoms with E-state index >= 15 is 0 Å². The first-order chi connectivity index (χ1) is 11.3. The fraction of sp³-hybridized carbons (Fsp3) is 0.773. The summed E-state index contributed by atoms with van der Waals surface area (Å²) in [5.74, 6) is 0.460. The Morgan fingerprint density at radius 3 is 2.57 bits per heavy atom. The lowest BCUT2D eigenvalue weighted by Crippen LogP contribution is -2.36. The second-order valence-electron chi connectivity index (χ2n) is 7.66. The first kappa shape index (κ1) is 18.5. The molecule has 0 spiro atoms. The van der Waals surface area contributed by atoms with E-state index in [-0.39, 0.29) is 5.41 Å². The van der Waals surface area contributed by atoms with E-state index in [1.807, 2.05) is 0 Å². The van der Waals surface area contributed by atoms with Crippen LogP contribution in [-0.2, 0) is 4.79 Å². The third-order valence-electron chi connectivity index (χ3n) is 6.03. The Kier molecular flexibility index (Phi) is 7.59. The largest absolute Gasteiger partial charge is 0.302 e. The molecule has 1 nitrogen and oxygen atoms in total. The van der Waals surface area contributed by atoms with Gasteiger partial charge in [0, 0.05) is 0 Å². The molecule has 0 aromatic rings. The molecule has 2 aliphatic carbocycles. The Hall–Kier alpha value is -0.850. The molecular weight excluding hydrogens is 280 g/mol. The quantitative estimate of drug-likeness (QED) is 0.247. The van der Waals surface area contributed by atoms with Crippen LogP contribution in [0.1, 0.15) is 97.3 Å². The van der Waals surface area contributed by atoms with Gasteiger partial charge >= 0.3 is 0 Å². The topological polar surface area (TPSA) is 17.1 Å². The van der Waals surface area contributed by atoms with Crippen molar-refractivity contribution in [3.63, 3.8) is 0 Å². The van der Waals surface area contributed by atoms with Crippen molar-refractivity contribution < 1.29 is 4.79 Å². The maximum atomic E-state index is 12.2. The molecule has 0 amide bonds. The lowest BCUT2D eigenvalue weighted by Gasteiger charge is -2.40. The summed E-state index contributed by atoms with van der Waals surface area (Å²) in [6, 6.07) is 0. The number of carbonyl (C=O) groups is 1. The van der Waals surface area contributed by atoms with Gasteiger partial charge < -0.3 is 4.79 Å². The monoisotopic (exact) mass is 316 g/mol. The van der Waals surface area contributed by atoms with Crippen LogP contribution in [0.15, 0.2) is 23.3 Å². The van der Waals surface area contributed by atoms with Gasteiger partial charge in [0.25, 0.3) is 0 Å². The van der Waals surface area contributed by atoms with E-state index in [4.69, 9.17) is 0 Å². The van der Waals surface area contributed by atoms with Crippen LogP contribution in [0.4, 0.5) is 0 Å². The second kappa shape index (κ2) is 9.45. The summed E-state index contributed by atoms with van der Waals surface area (Å²) < 4.78 is 0. The molecule has 0 heterocycles. The zero-order valence-corrected chi connectivity index (χ0v) is 15.4. The van der Waals surface area contributed by atoms with Crippen LogP contribution in [0.25, 0.3) is 0 Å². The van der Waals surface area contributed by atoms with Gasteiger partial charge in [-0.1, -0.05) is 69.2 Å². The van der Waals surface area contributed by atoms with E-state index < -0.39 is 0 Å². The van der Waals surface area contributed by atoms with Crippen LogP contribution in [0.3, 0.4) is 0 Å². The van der Waals surface area contributed by atoms with Crippen molar-refractivity contribution in [1.29, 1.82) is 0 Å². The third-order valence-corrected chi connectivity index (χ3v) is 6.03. The summed E-state index contributed by atoms with van der Waals surface area (Å²) in [6.45, 7) is 4.53. The summed E-state index contributed by atoms with van der Waals surface area (Å²) in [6.07, 6.45) is 22.3. The predicted octanol–water partition coefficient (Wildman–Crippen LogP) is 6.78. The fourth-order valence-corrected chi connectivity index (χ4v) is 4.55. The molecule has 0 aliphatic heterocycles. The summed E-state index contributed by atoms with van der Waals surface area (Å²) >= 11 is 0. The highest BCUT2D eigenvalue weighted by atomic mass is 16.1. The van der Waals surface area contributed by atoms with Crippen LogP contribution < -0.4 is 0 Å². The van der Waals surface area contributed by atoms with E-state index in [0.29, 0.717) is 5.92 Å². The highest BCUT2D eigenvalue weighted by molar-refractivity contribution is 5.67. The number of carbonyl (C=O) groups excluding carboxylic acids is 1.